The number of aliphatic imine (C=N–C) groups is 1. The summed E-state index contributed by atoms with van der Waals surface area (Å²) >= 11 is 6.31. The predicted octanol–water partition coefficient (Wildman–Crippen LogP) is 5.00. The number of halogens is 3. The van der Waals surface area contributed by atoms with E-state index in [0.717, 1.165) is 29.3 Å². The van der Waals surface area contributed by atoms with Crippen LogP contribution < -0.4 is 15.8 Å². The minimum absolute atomic E-state index is 0.207. The molecule has 0 unspecified atom stereocenters. The molecule has 0 bridgehead atoms. The van der Waals surface area contributed by atoms with E-state index in [0.29, 0.717) is 23.9 Å². The Morgan fingerprint density at radius 3 is 2.47 bits per heavy atom. The van der Waals surface area contributed by atoms with Gasteiger partial charge >= 0.3 is 0 Å². The summed E-state index contributed by atoms with van der Waals surface area (Å²) in [5.41, 5.74) is 6.75. The summed E-state index contributed by atoms with van der Waals surface area (Å²) in [4.78, 5) is 15.4. The molecule has 0 radical (unpaired) electrons. The highest BCUT2D eigenvalue weighted by molar-refractivity contribution is 6.31. The number of nitrogens with one attached hydrogen (secondary N) is 1. The van der Waals surface area contributed by atoms with Crippen molar-refractivity contribution >= 4 is 23.3 Å². The molecule has 0 spiro atoms. The molecule has 32 heavy (non-hydrogen) atoms. The number of ether oxygens (including phenoxy) is 1. The van der Waals surface area contributed by atoms with Gasteiger partial charge in [0.15, 0.2) is 0 Å². The minimum Gasteiger partial charge on any atom is -0.489 e. The van der Waals surface area contributed by atoms with Gasteiger partial charge in [-0.25, -0.2) is 8.78 Å². The predicted molar refractivity (Wildman–Crippen MR) is 121 cm³/mol. The highest BCUT2D eigenvalue weighted by atomic mass is 35.5. The third-order valence-corrected chi connectivity index (χ3v) is 4.70. The molecule has 3 aromatic rings. The maximum Gasteiger partial charge on any atom is 0.284 e. The molecule has 0 heterocycles. The number of hydrogen-bond donors (Lipinski definition) is 2. The van der Waals surface area contributed by atoms with Gasteiger partial charge in [0, 0.05) is 17.8 Å². The molecule has 8 heteroatoms. The fraction of sp³-hybridized carbons (Fsp3) is 0.0833. The van der Waals surface area contributed by atoms with Crippen molar-refractivity contribution in [2.24, 2.45) is 10.7 Å². The van der Waals surface area contributed by atoms with Crippen molar-refractivity contribution in [1.82, 2.24) is 5.32 Å². The zero-order valence-corrected chi connectivity index (χ0v) is 17.7. The van der Waals surface area contributed by atoms with E-state index in [4.69, 9.17) is 22.1 Å². The van der Waals surface area contributed by atoms with Gasteiger partial charge in [0.2, 0.25) is 0 Å². The third kappa shape index (κ3) is 6.39. The van der Waals surface area contributed by atoms with Crippen LogP contribution >= 0.6 is 11.6 Å². The van der Waals surface area contributed by atoms with E-state index < -0.39 is 23.1 Å². The van der Waals surface area contributed by atoms with Crippen molar-refractivity contribution in [3.05, 3.63) is 112 Å². The van der Waals surface area contributed by atoms with Gasteiger partial charge < -0.3 is 15.8 Å². The summed E-state index contributed by atoms with van der Waals surface area (Å²) in [6, 6.07) is 18.2. The first-order chi connectivity index (χ1) is 15.4. The van der Waals surface area contributed by atoms with Gasteiger partial charge in [-0.1, -0.05) is 54.1 Å². The number of nitrogens with zero attached hydrogens (tertiary/aromatic N) is 1. The van der Waals surface area contributed by atoms with Crippen LogP contribution in [0.1, 0.15) is 21.5 Å². The van der Waals surface area contributed by atoms with E-state index in [2.05, 4.69) is 10.3 Å². The number of carbonyl (C=O) groups excluding carboxylic acids is 1. The molecule has 0 aliphatic carbocycles. The van der Waals surface area contributed by atoms with Crippen LogP contribution in [0.15, 0.2) is 84.0 Å². The molecule has 1 amide bonds. The van der Waals surface area contributed by atoms with Gasteiger partial charge in [-0.15, -0.1) is 0 Å². The molecular weight excluding hydrogens is 436 g/mol. The van der Waals surface area contributed by atoms with Crippen molar-refractivity contribution < 1.29 is 18.3 Å². The van der Waals surface area contributed by atoms with Gasteiger partial charge in [0.05, 0.1) is 0 Å². The highest BCUT2D eigenvalue weighted by Gasteiger charge is 2.16. The lowest BCUT2D eigenvalue weighted by Crippen LogP contribution is -2.15. The highest BCUT2D eigenvalue weighted by Crippen LogP contribution is 2.23. The average molecular weight is 456 g/mol. The molecule has 5 nitrogen and oxygen atoms in total. The SMILES string of the molecule is NC(/C=C\NCc1ccc(OCc2ccccc2)cc1Cl)=NC(=O)c1c(F)cccc1F. The smallest absolute Gasteiger partial charge is 0.284 e. The van der Waals surface area contributed by atoms with E-state index in [1.165, 1.54) is 12.3 Å². The molecule has 0 aliphatic heterocycles. The summed E-state index contributed by atoms with van der Waals surface area (Å²) < 4.78 is 33.0. The van der Waals surface area contributed by atoms with E-state index in [-0.39, 0.29) is 5.84 Å². The normalized spacial score (nSPS) is 11.5. The van der Waals surface area contributed by atoms with Crippen LogP contribution in [-0.2, 0) is 13.2 Å². The largest absolute Gasteiger partial charge is 0.489 e. The monoisotopic (exact) mass is 455 g/mol. The Morgan fingerprint density at radius 1 is 1.06 bits per heavy atom. The van der Waals surface area contributed by atoms with Crippen LogP contribution in [0.4, 0.5) is 8.78 Å². The maximum absolute atomic E-state index is 13.6. The second kappa shape index (κ2) is 11.1. The number of amidine groups is 1. The van der Waals surface area contributed by atoms with Crippen LogP contribution in [0.25, 0.3) is 0 Å². The number of benzene rings is 3. The van der Waals surface area contributed by atoms with E-state index in [9.17, 15) is 13.6 Å². The van der Waals surface area contributed by atoms with E-state index in [1.807, 2.05) is 42.5 Å². The summed E-state index contributed by atoms with van der Waals surface area (Å²) in [6.45, 7) is 0.809. The Hall–Kier alpha value is -3.71. The van der Waals surface area contributed by atoms with Crippen LogP contribution in [0, 0.1) is 11.6 Å². The van der Waals surface area contributed by atoms with Crippen molar-refractivity contribution in [3.8, 4) is 5.75 Å². The number of hydrogen-bond acceptors (Lipinski definition) is 3. The Labute approximate surface area is 189 Å². The van der Waals surface area contributed by atoms with Crippen molar-refractivity contribution in [2.75, 3.05) is 0 Å². The fourth-order valence-electron chi connectivity index (χ4n) is 2.73. The Bertz CT molecular complexity index is 1130. The molecular formula is C24H20ClF2N3O2. The quantitative estimate of drug-likeness (QED) is 0.370. The molecule has 0 saturated heterocycles. The first-order valence-electron chi connectivity index (χ1n) is 9.61. The van der Waals surface area contributed by atoms with Crippen molar-refractivity contribution in [2.45, 2.75) is 13.2 Å². The van der Waals surface area contributed by atoms with Crippen LogP contribution in [0.2, 0.25) is 5.02 Å². The summed E-state index contributed by atoms with van der Waals surface area (Å²) in [5, 5.41) is 3.48. The van der Waals surface area contributed by atoms with Crippen LogP contribution in [0.5, 0.6) is 5.75 Å². The summed E-state index contributed by atoms with van der Waals surface area (Å²) in [7, 11) is 0. The first kappa shape index (κ1) is 23.0. The molecule has 0 aliphatic rings. The molecule has 164 valence electrons. The molecule has 3 aromatic carbocycles. The minimum atomic E-state index is -1.10. The maximum atomic E-state index is 13.6. The molecule has 0 saturated carbocycles. The number of carbonyl (C=O) groups is 1. The zero-order valence-electron chi connectivity index (χ0n) is 16.9. The Balaban J connectivity index is 1.53. The van der Waals surface area contributed by atoms with Crippen molar-refractivity contribution in [1.29, 1.82) is 0 Å². The number of amides is 1. The average Bonchev–Trinajstić information content (AvgIpc) is 2.77. The third-order valence-electron chi connectivity index (χ3n) is 4.34. The first-order valence-corrected chi connectivity index (χ1v) is 9.99. The van der Waals surface area contributed by atoms with E-state index in [1.54, 1.807) is 6.07 Å². The van der Waals surface area contributed by atoms with Gasteiger partial charge in [-0.2, -0.15) is 4.99 Å². The lowest BCUT2D eigenvalue weighted by Gasteiger charge is -2.09. The molecule has 0 atom stereocenters. The topological polar surface area (TPSA) is 76.7 Å². The number of nitrogens with two attached hydrogens (primary N) is 1. The second-order valence-electron chi connectivity index (χ2n) is 6.68. The molecule has 3 N–H and O–H groups in total. The zero-order chi connectivity index (χ0) is 22.9. The van der Waals surface area contributed by atoms with Crippen molar-refractivity contribution in [3.63, 3.8) is 0 Å². The Morgan fingerprint density at radius 2 is 1.78 bits per heavy atom. The van der Waals surface area contributed by atoms with Gasteiger partial charge in [-0.05, 0) is 41.5 Å². The standard InChI is InChI=1S/C24H20ClF2N3O2/c25-19-13-18(32-15-16-5-2-1-3-6-16)10-9-17(19)14-29-12-11-22(28)30-24(31)23-20(26)7-4-8-21(23)27/h1-13,29H,14-15H2,(H2,28,30,31)/b12-11-. The lowest BCUT2D eigenvalue weighted by atomic mass is 10.2. The Kier molecular flexibility index (Phi) is 7.94. The van der Waals surface area contributed by atoms with Gasteiger partial charge in [0.25, 0.3) is 5.91 Å². The summed E-state index contributed by atoms with van der Waals surface area (Å²) in [5.74, 6) is -2.66. The molecule has 3 rings (SSSR count). The van der Waals surface area contributed by atoms with Gasteiger partial charge in [-0.3, -0.25) is 4.79 Å². The lowest BCUT2D eigenvalue weighted by molar-refractivity contribution is 0.0995. The van der Waals surface area contributed by atoms with E-state index >= 15 is 0 Å². The summed E-state index contributed by atoms with van der Waals surface area (Å²) in [6.07, 6.45) is 2.77. The second-order valence-corrected chi connectivity index (χ2v) is 7.09. The van der Waals surface area contributed by atoms with Crippen LogP contribution in [0.3, 0.4) is 0 Å². The fourth-order valence-corrected chi connectivity index (χ4v) is 2.97. The molecule has 0 aromatic heterocycles. The van der Waals surface area contributed by atoms with Gasteiger partial charge in [0.1, 0.15) is 35.4 Å². The number of rotatable bonds is 8. The molecule has 0 fully saturated rings. The van der Waals surface area contributed by atoms with Crippen LogP contribution in [-0.4, -0.2) is 11.7 Å².